The molecule has 0 radical (unpaired) electrons. The van der Waals surface area contributed by atoms with Crippen molar-refractivity contribution in [1.82, 2.24) is 9.88 Å². The van der Waals surface area contributed by atoms with Crippen molar-refractivity contribution in [2.45, 2.75) is 86.6 Å². The molecule has 0 amide bonds. The molecule has 4 fully saturated rings. The molecule has 8 rings (SSSR count). The van der Waals surface area contributed by atoms with Crippen LogP contribution >= 0.6 is 0 Å². The molecule has 1 aromatic carbocycles. The molecule has 3 saturated heterocycles. The Morgan fingerprint density at radius 3 is 2.86 bits per heavy atom. The molecule has 6 heteroatoms. The van der Waals surface area contributed by atoms with Crippen molar-refractivity contribution < 1.29 is 18.0 Å². The van der Waals surface area contributed by atoms with E-state index in [2.05, 4.69) is 53.3 Å². The number of likely N-dealkylation sites (N-methyl/N-ethyl adjacent to an activating group) is 1. The van der Waals surface area contributed by atoms with Crippen LogP contribution in [0.25, 0.3) is 10.8 Å². The van der Waals surface area contributed by atoms with Gasteiger partial charge in [-0.3, -0.25) is 9.88 Å². The predicted octanol–water partition coefficient (Wildman–Crippen LogP) is 5.95. The number of alkyl halides is 2. The maximum atomic E-state index is 14.0. The largest absolute Gasteiger partial charge is 0.353 e. The lowest BCUT2D eigenvalue weighted by atomic mass is 9.74. The molecule has 0 N–H and O–H groups in total. The fraction of sp³-hybridized carbons (Fsp3) is 0.581. The molecule has 37 heavy (non-hydrogen) atoms. The Hall–Kier alpha value is -2.15. The van der Waals surface area contributed by atoms with Crippen LogP contribution in [0.2, 0.25) is 0 Å². The summed E-state index contributed by atoms with van der Waals surface area (Å²) in [4.78, 5) is 6.42. The lowest BCUT2D eigenvalue weighted by Gasteiger charge is -2.55. The van der Waals surface area contributed by atoms with Gasteiger partial charge in [0.15, 0.2) is 0 Å². The van der Waals surface area contributed by atoms with Gasteiger partial charge in [-0.25, -0.2) is 8.78 Å². The standard InChI is InChI=1S/C31H36F2N3O/c1-36-15-9-25-17-24-4-5-26(35-14-12-30(32,33)20-35)18-29(24)10-11-31(25,37-29)28(36)7-6-27(36)22-3-2-21-8-13-34-19-23(21)16-22/h2-3,8-9,13,16-17,19,26-28H,4-7,10-12,14-15,18,20H2,1H3/q+1. The monoisotopic (exact) mass is 504 g/mol. The van der Waals surface area contributed by atoms with E-state index in [9.17, 15) is 8.78 Å². The molecule has 1 aromatic heterocycles. The first kappa shape index (κ1) is 22.8. The molecular formula is C31H36F2N3O+. The Morgan fingerprint density at radius 2 is 2.00 bits per heavy atom. The topological polar surface area (TPSA) is 25.4 Å². The van der Waals surface area contributed by atoms with Crippen molar-refractivity contribution in [3.05, 3.63) is 65.5 Å². The van der Waals surface area contributed by atoms with Gasteiger partial charge in [-0.15, -0.1) is 0 Å². The zero-order chi connectivity index (χ0) is 25.0. The summed E-state index contributed by atoms with van der Waals surface area (Å²) in [5.41, 5.74) is 3.76. The fourth-order valence-electron chi connectivity index (χ4n) is 9.33. The van der Waals surface area contributed by atoms with Gasteiger partial charge in [0.25, 0.3) is 5.92 Å². The Labute approximate surface area is 217 Å². The van der Waals surface area contributed by atoms with Crippen LogP contribution in [0.1, 0.15) is 63.0 Å². The molecule has 6 atom stereocenters. The van der Waals surface area contributed by atoms with Crippen molar-refractivity contribution in [2.24, 2.45) is 0 Å². The van der Waals surface area contributed by atoms with Crippen LogP contribution in [0, 0.1) is 0 Å². The van der Waals surface area contributed by atoms with E-state index in [4.69, 9.17) is 4.74 Å². The first-order chi connectivity index (χ1) is 17.8. The molecule has 1 saturated carbocycles. The van der Waals surface area contributed by atoms with Gasteiger partial charge in [0, 0.05) is 55.2 Å². The number of nitrogens with zero attached hydrogens (tertiary/aromatic N) is 3. The Kier molecular flexibility index (Phi) is 4.61. The SMILES string of the molecule is C[N+]12CC=C3C=C4CCC(N5CCC(F)(F)C5)CC45CCC3(O5)C1CCC2c1ccc2ccncc2c1. The Balaban J connectivity index is 1.12. The Bertz CT molecular complexity index is 1350. The maximum absolute atomic E-state index is 14.0. The van der Waals surface area contributed by atoms with E-state index in [1.165, 1.54) is 27.5 Å². The molecule has 4 nitrogen and oxygen atoms in total. The summed E-state index contributed by atoms with van der Waals surface area (Å²) in [6.07, 6.45) is 16.0. The molecule has 194 valence electrons. The number of quaternary nitrogens is 1. The quantitative estimate of drug-likeness (QED) is 0.473. The second kappa shape index (κ2) is 7.49. The molecule has 2 aromatic rings. The highest BCUT2D eigenvalue weighted by Gasteiger charge is 2.68. The summed E-state index contributed by atoms with van der Waals surface area (Å²) in [6, 6.07) is 10.1. The molecule has 6 aliphatic rings. The van der Waals surface area contributed by atoms with Crippen LogP contribution in [0.15, 0.2) is 60.0 Å². The second-order valence-corrected chi connectivity index (χ2v) is 12.9. The van der Waals surface area contributed by atoms with Crippen LogP contribution < -0.4 is 0 Å². The summed E-state index contributed by atoms with van der Waals surface area (Å²) >= 11 is 0. The van der Waals surface area contributed by atoms with Gasteiger partial charge >= 0.3 is 0 Å². The number of halogens is 2. The molecule has 2 bridgehead atoms. The smallest absolute Gasteiger partial charge is 0.261 e. The van der Waals surface area contributed by atoms with Crippen LogP contribution in [-0.2, 0) is 4.74 Å². The summed E-state index contributed by atoms with van der Waals surface area (Å²) in [5.74, 6) is -2.53. The maximum Gasteiger partial charge on any atom is 0.261 e. The van der Waals surface area contributed by atoms with Crippen molar-refractivity contribution >= 4 is 10.8 Å². The van der Waals surface area contributed by atoms with Crippen molar-refractivity contribution in [2.75, 3.05) is 26.7 Å². The highest BCUT2D eigenvalue weighted by molar-refractivity contribution is 5.82. The minimum Gasteiger partial charge on any atom is -0.353 e. The third-order valence-corrected chi connectivity index (χ3v) is 11.1. The van der Waals surface area contributed by atoms with Crippen molar-refractivity contribution in [3.8, 4) is 0 Å². The summed E-state index contributed by atoms with van der Waals surface area (Å²) < 4.78 is 36.5. The normalized spacial score (nSPS) is 42.2. The Morgan fingerprint density at radius 1 is 1.08 bits per heavy atom. The van der Waals surface area contributed by atoms with Gasteiger partial charge in [0.1, 0.15) is 17.7 Å². The highest BCUT2D eigenvalue weighted by Crippen LogP contribution is 2.63. The second-order valence-electron chi connectivity index (χ2n) is 12.9. The van der Waals surface area contributed by atoms with Gasteiger partial charge in [0.2, 0.25) is 0 Å². The number of rotatable bonds is 2. The number of likely N-dealkylation sites (tertiary alicyclic amines) is 1. The van der Waals surface area contributed by atoms with Gasteiger partial charge in [0.05, 0.1) is 25.7 Å². The van der Waals surface area contributed by atoms with Gasteiger partial charge in [-0.1, -0.05) is 18.2 Å². The van der Waals surface area contributed by atoms with E-state index < -0.39 is 5.92 Å². The van der Waals surface area contributed by atoms with Crippen LogP contribution in [0.4, 0.5) is 8.78 Å². The number of hydrogen-bond acceptors (Lipinski definition) is 3. The van der Waals surface area contributed by atoms with Gasteiger partial charge in [-0.2, -0.15) is 0 Å². The molecular weight excluding hydrogens is 468 g/mol. The van der Waals surface area contributed by atoms with E-state index in [-0.39, 0.29) is 30.2 Å². The zero-order valence-corrected chi connectivity index (χ0v) is 21.6. The first-order valence-electron chi connectivity index (χ1n) is 14.2. The van der Waals surface area contributed by atoms with E-state index in [0.717, 1.165) is 56.0 Å². The minimum atomic E-state index is -2.53. The van der Waals surface area contributed by atoms with E-state index in [1.807, 2.05) is 12.4 Å². The van der Waals surface area contributed by atoms with E-state index in [0.29, 0.717) is 18.6 Å². The molecule has 5 aliphatic heterocycles. The average molecular weight is 505 g/mol. The number of aromatic nitrogens is 1. The van der Waals surface area contributed by atoms with Crippen LogP contribution in [0.3, 0.4) is 0 Å². The van der Waals surface area contributed by atoms with Crippen LogP contribution in [0.5, 0.6) is 0 Å². The van der Waals surface area contributed by atoms with Gasteiger partial charge in [-0.05, 0) is 66.8 Å². The molecule has 1 aliphatic carbocycles. The third-order valence-electron chi connectivity index (χ3n) is 11.1. The lowest BCUT2D eigenvalue weighted by Crippen LogP contribution is -2.65. The zero-order valence-electron chi connectivity index (χ0n) is 21.6. The highest BCUT2D eigenvalue weighted by atomic mass is 19.3. The number of fused-ring (bicyclic) bond motifs is 2. The van der Waals surface area contributed by atoms with Gasteiger partial charge < -0.3 is 9.22 Å². The minimum absolute atomic E-state index is 0.00100. The number of hydrogen-bond donors (Lipinski definition) is 0. The lowest BCUT2D eigenvalue weighted by molar-refractivity contribution is -0.951. The fourth-order valence-corrected chi connectivity index (χ4v) is 9.33. The summed E-state index contributed by atoms with van der Waals surface area (Å²) in [7, 11) is 2.45. The molecule has 2 spiro atoms. The van der Waals surface area contributed by atoms with Crippen molar-refractivity contribution in [3.63, 3.8) is 0 Å². The number of benzene rings is 1. The first-order valence-corrected chi connectivity index (χ1v) is 14.2. The van der Waals surface area contributed by atoms with E-state index >= 15 is 0 Å². The number of pyridine rings is 1. The summed E-state index contributed by atoms with van der Waals surface area (Å²) in [5, 5.41) is 2.45. The summed E-state index contributed by atoms with van der Waals surface area (Å²) in [6.45, 7) is 1.47. The average Bonchev–Trinajstić information content (AvgIpc) is 3.54. The molecule has 6 unspecified atom stereocenters. The third kappa shape index (κ3) is 3.12. The number of ether oxygens (including phenoxy) is 1. The van der Waals surface area contributed by atoms with E-state index in [1.54, 1.807) is 0 Å². The van der Waals surface area contributed by atoms with Crippen LogP contribution in [-0.4, -0.2) is 70.3 Å². The van der Waals surface area contributed by atoms with Crippen molar-refractivity contribution in [1.29, 1.82) is 0 Å². The predicted molar refractivity (Wildman–Crippen MR) is 139 cm³/mol. The molecule has 6 heterocycles.